The van der Waals surface area contributed by atoms with Crippen LogP contribution in [0.5, 0.6) is 0 Å². The Kier molecular flexibility index (Phi) is 5.21. The van der Waals surface area contributed by atoms with Gasteiger partial charge < -0.3 is 5.32 Å². The molecule has 1 N–H and O–H groups in total. The van der Waals surface area contributed by atoms with E-state index in [1.54, 1.807) is 48.5 Å². The Hall–Kier alpha value is -3.72. The van der Waals surface area contributed by atoms with Crippen LogP contribution in [-0.4, -0.2) is 47.8 Å². The van der Waals surface area contributed by atoms with Crippen LogP contribution in [0.3, 0.4) is 0 Å². The number of carbonyl (C=O) groups excluding carboxylic acids is 3. The van der Waals surface area contributed by atoms with E-state index in [0.29, 0.717) is 16.3 Å². The summed E-state index contributed by atoms with van der Waals surface area (Å²) < 4.78 is 39.1. The van der Waals surface area contributed by atoms with Crippen molar-refractivity contribution in [2.24, 2.45) is 0 Å². The monoisotopic (exact) mass is 441 g/mol. The third-order valence-corrected chi connectivity index (χ3v) is 5.33. The summed E-state index contributed by atoms with van der Waals surface area (Å²) in [6.07, 6.45) is -2.77. The fourth-order valence-electron chi connectivity index (χ4n) is 3.87. The van der Waals surface area contributed by atoms with Crippen molar-refractivity contribution in [1.29, 1.82) is 0 Å². The van der Waals surface area contributed by atoms with Crippen molar-refractivity contribution in [3.05, 3.63) is 88.8 Å². The first-order valence-corrected chi connectivity index (χ1v) is 9.65. The second kappa shape index (κ2) is 7.76. The SMILES string of the molecule is CN(C)N(/C=C/C1C2=C(Nc3ccccc31)C(=O)c1ccccc1C2=O)C(=O)C(F)(F)F. The van der Waals surface area contributed by atoms with Crippen LogP contribution in [0.25, 0.3) is 0 Å². The minimum Gasteiger partial charge on any atom is -0.352 e. The lowest BCUT2D eigenvalue weighted by Crippen LogP contribution is -2.45. The Balaban J connectivity index is 1.84. The summed E-state index contributed by atoms with van der Waals surface area (Å²) in [4.78, 5) is 38.3. The second-order valence-electron chi connectivity index (χ2n) is 7.52. The van der Waals surface area contributed by atoms with E-state index in [9.17, 15) is 27.6 Å². The molecule has 0 radical (unpaired) electrons. The molecule has 0 bridgehead atoms. The quantitative estimate of drug-likeness (QED) is 0.732. The molecule has 1 aliphatic carbocycles. The number of rotatable bonds is 3. The molecule has 0 saturated heterocycles. The smallest absolute Gasteiger partial charge is 0.352 e. The van der Waals surface area contributed by atoms with Gasteiger partial charge in [-0.15, -0.1) is 0 Å². The van der Waals surface area contributed by atoms with Crippen LogP contribution >= 0.6 is 0 Å². The average molecular weight is 441 g/mol. The van der Waals surface area contributed by atoms with E-state index in [0.717, 1.165) is 11.2 Å². The van der Waals surface area contributed by atoms with E-state index >= 15 is 0 Å². The van der Waals surface area contributed by atoms with Crippen LogP contribution in [0.15, 0.2) is 72.1 Å². The number of hydrazine groups is 1. The first kappa shape index (κ1) is 21.5. The summed E-state index contributed by atoms with van der Waals surface area (Å²) in [5.41, 5.74) is 1.85. The summed E-state index contributed by atoms with van der Waals surface area (Å²) in [5.74, 6) is -3.69. The lowest BCUT2D eigenvalue weighted by atomic mass is 9.76. The van der Waals surface area contributed by atoms with Crippen molar-refractivity contribution in [3.63, 3.8) is 0 Å². The number of para-hydroxylation sites is 1. The number of ketones is 2. The second-order valence-corrected chi connectivity index (χ2v) is 7.52. The van der Waals surface area contributed by atoms with Gasteiger partial charge in [0.15, 0.2) is 5.78 Å². The number of amides is 1. The van der Waals surface area contributed by atoms with Gasteiger partial charge in [0.2, 0.25) is 5.78 Å². The normalized spacial score (nSPS) is 17.8. The molecule has 1 heterocycles. The molecule has 0 aromatic heterocycles. The highest BCUT2D eigenvalue weighted by Crippen LogP contribution is 2.43. The van der Waals surface area contributed by atoms with Crippen molar-refractivity contribution in [3.8, 4) is 0 Å². The van der Waals surface area contributed by atoms with Crippen molar-refractivity contribution in [1.82, 2.24) is 10.0 Å². The molecule has 1 amide bonds. The molecular formula is C23H18F3N3O3. The predicted molar refractivity (Wildman–Crippen MR) is 111 cm³/mol. The third-order valence-electron chi connectivity index (χ3n) is 5.33. The fraction of sp³-hybridized carbons (Fsp3) is 0.174. The number of hydrogen-bond donors (Lipinski definition) is 1. The molecule has 0 fully saturated rings. The number of halogens is 3. The maximum Gasteiger partial charge on any atom is 0.473 e. The first-order valence-electron chi connectivity index (χ1n) is 9.65. The number of nitrogens with zero attached hydrogens (tertiary/aromatic N) is 2. The molecule has 164 valence electrons. The van der Waals surface area contributed by atoms with Gasteiger partial charge in [0.25, 0.3) is 0 Å². The number of fused-ring (bicyclic) bond motifs is 2. The van der Waals surface area contributed by atoms with Gasteiger partial charge in [-0.25, -0.2) is 10.0 Å². The van der Waals surface area contributed by atoms with Gasteiger partial charge >= 0.3 is 12.1 Å². The van der Waals surface area contributed by atoms with Crippen LogP contribution in [-0.2, 0) is 4.79 Å². The highest BCUT2D eigenvalue weighted by molar-refractivity contribution is 6.29. The zero-order chi connectivity index (χ0) is 23.2. The standard InChI is InChI=1S/C23H18F3N3O3/c1-28(2)29(22(32)23(24,25)26)12-11-14-13-7-5-6-10-17(13)27-19-18(14)20(30)15-8-3-4-9-16(15)21(19)31/h3-12,14,27H,1-2H3/b12-11+. The molecule has 2 aliphatic rings. The minimum atomic E-state index is -5.08. The van der Waals surface area contributed by atoms with E-state index < -0.39 is 23.8 Å². The van der Waals surface area contributed by atoms with E-state index in [4.69, 9.17) is 0 Å². The molecule has 6 nitrogen and oxygen atoms in total. The minimum absolute atomic E-state index is 0.0839. The molecule has 1 unspecified atom stereocenters. The summed E-state index contributed by atoms with van der Waals surface area (Å²) in [7, 11) is 2.58. The number of carbonyl (C=O) groups is 3. The van der Waals surface area contributed by atoms with E-state index in [2.05, 4.69) is 5.32 Å². The maximum atomic E-state index is 13.3. The van der Waals surface area contributed by atoms with Crippen molar-refractivity contribution < 1.29 is 27.6 Å². The zero-order valence-corrected chi connectivity index (χ0v) is 17.1. The Morgan fingerprint density at radius 3 is 2.19 bits per heavy atom. The highest BCUT2D eigenvalue weighted by Gasteiger charge is 2.44. The number of nitrogens with one attached hydrogen (secondary N) is 1. The lowest BCUT2D eigenvalue weighted by Gasteiger charge is -2.33. The largest absolute Gasteiger partial charge is 0.473 e. The predicted octanol–water partition coefficient (Wildman–Crippen LogP) is 3.91. The van der Waals surface area contributed by atoms with Gasteiger partial charge in [-0.3, -0.25) is 14.4 Å². The summed E-state index contributed by atoms with van der Waals surface area (Å²) in [6.45, 7) is 0. The third kappa shape index (κ3) is 3.50. The molecule has 4 rings (SSSR count). The van der Waals surface area contributed by atoms with Crippen LogP contribution < -0.4 is 5.32 Å². The molecule has 1 aliphatic heterocycles. The number of Topliss-reactive ketones (excluding diaryl/α,β-unsaturated/α-hetero) is 2. The molecular weight excluding hydrogens is 423 g/mol. The topological polar surface area (TPSA) is 69.7 Å². The summed E-state index contributed by atoms with van der Waals surface area (Å²) >= 11 is 0. The molecule has 1 atom stereocenters. The van der Waals surface area contributed by atoms with Gasteiger partial charge in [0, 0.05) is 48.6 Å². The van der Waals surface area contributed by atoms with Crippen molar-refractivity contribution in [2.45, 2.75) is 12.1 Å². The van der Waals surface area contributed by atoms with Crippen molar-refractivity contribution in [2.75, 3.05) is 19.4 Å². The Bertz CT molecular complexity index is 1200. The fourth-order valence-corrected chi connectivity index (χ4v) is 3.87. The van der Waals surface area contributed by atoms with Gasteiger partial charge in [-0.2, -0.15) is 13.2 Å². The van der Waals surface area contributed by atoms with Gasteiger partial charge in [0.1, 0.15) is 0 Å². The van der Waals surface area contributed by atoms with Crippen molar-refractivity contribution >= 4 is 23.2 Å². The van der Waals surface area contributed by atoms with Crippen LogP contribution in [0, 0.1) is 0 Å². The molecule has 32 heavy (non-hydrogen) atoms. The molecule has 2 aromatic rings. The Morgan fingerprint density at radius 2 is 1.56 bits per heavy atom. The molecule has 0 saturated carbocycles. The number of benzene rings is 2. The molecule has 0 spiro atoms. The first-order chi connectivity index (χ1) is 15.1. The zero-order valence-electron chi connectivity index (χ0n) is 17.1. The number of anilines is 1. The Morgan fingerprint density at radius 1 is 0.969 bits per heavy atom. The number of allylic oxidation sites excluding steroid dienone is 3. The van der Waals surface area contributed by atoms with Gasteiger partial charge in [-0.1, -0.05) is 48.5 Å². The van der Waals surface area contributed by atoms with Gasteiger partial charge in [0.05, 0.1) is 5.70 Å². The van der Waals surface area contributed by atoms with E-state index in [1.807, 2.05) is 0 Å². The molecule has 9 heteroatoms. The number of hydrogen-bond acceptors (Lipinski definition) is 5. The lowest BCUT2D eigenvalue weighted by molar-refractivity contribution is -0.193. The summed E-state index contributed by atoms with van der Waals surface area (Å²) in [5, 5.41) is 4.41. The number of alkyl halides is 3. The molecule has 2 aromatic carbocycles. The van der Waals surface area contributed by atoms with Crippen LogP contribution in [0.2, 0.25) is 0 Å². The van der Waals surface area contributed by atoms with Gasteiger partial charge in [-0.05, 0) is 11.6 Å². The summed E-state index contributed by atoms with van der Waals surface area (Å²) in [6, 6.07) is 13.3. The maximum absolute atomic E-state index is 13.3. The van der Waals surface area contributed by atoms with Crippen LogP contribution in [0.1, 0.15) is 32.2 Å². The highest BCUT2D eigenvalue weighted by atomic mass is 19.4. The van der Waals surface area contributed by atoms with E-state index in [1.165, 1.54) is 20.2 Å². The average Bonchev–Trinajstić information content (AvgIpc) is 2.76. The van der Waals surface area contributed by atoms with E-state index in [-0.39, 0.29) is 28.2 Å². The van der Waals surface area contributed by atoms with Crippen LogP contribution in [0.4, 0.5) is 18.9 Å². The Labute approximate surface area is 181 Å².